The van der Waals surface area contributed by atoms with Crippen LogP contribution >= 0.6 is 0 Å². The van der Waals surface area contributed by atoms with E-state index in [0.29, 0.717) is 13.0 Å². The molecule has 0 aromatic heterocycles. The first-order valence-corrected chi connectivity index (χ1v) is 7.34. The number of aliphatic hydroxyl groups excluding tert-OH is 1. The summed E-state index contributed by atoms with van der Waals surface area (Å²) in [6.07, 6.45) is 0.133. The average molecular weight is 299 g/mol. The lowest BCUT2D eigenvalue weighted by molar-refractivity contribution is 0.0697. The monoisotopic (exact) mass is 299 g/mol. The fourth-order valence-corrected chi connectivity index (χ4v) is 2.21. The summed E-state index contributed by atoms with van der Waals surface area (Å²) in [5.41, 5.74) is 2.37. The summed E-state index contributed by atoms with van der Waals surface area (Å²) in [4.78, 5) is 10.8. The van der Waals surface area contributed by atoms with Gasteiger partial charge in [0.15, 0.2) is 0 Å². The Morgan fingerprint density at radius 1 is 1.05 bits per heavy atom. The summed E-state index contributed by atoms with van der Waals surface area (Å²) in [5.74, 6) is -0.925. The van der Waals surface area contributed by atoms with Crippen LogP contribution in [0.2, 0.25) is 0 Å². The van der Waals surface area contributed by atoms with Crippen LogP contribution in [0.3, 0.4) is 0 Å². The van der Waals surface area contributed by atoms with Crippen molar-refractivity contribution in [1.29, 1.82) is 0 Å². The van der Waals surface area contributed by atoms with Crippen LogP contribution in [-0.2, 0) is 13.0 Å². The van der Waals surface area contributed by atoms with Gasteiger partial charge in [-0.2, -0.15) is 0 Å². The molecule has 0 radical (unpaired) electrons. The molecule has 116 valence electrons. The number of carboxylic acid groups (broad SMARTS) is 1. The van der Waals surface area contributed by atoms with Crippen LogP contribution in [-0.4, -0.2) is 28.3 Å². The molecule has 0 saturated heterocycles. The Bertz CT molecular complexity index is 595. The van der Waals surface area contributed by atoms with Crippen LogP contribution in [0.4, 0.5) is 0 Å². The zero-order chi connectivity index (χ0) is 15.9. The number of carbonyl (C=O) groups is 1. The van der Waals surface area contributed by atoms with Crippen LogP contribution in [0.15, 0.2) is 54.6 Å². The summed E-state index contributed by atoms with van der Waals surface area (Å²) in [5, 5.41) is 22.4. The lowest BCUT2D eigenvalue weighted by Gasteiger charge is -2.20. The Hall–Kier alpha value is -2.17. The third-order valence-corrected chi connectivity index (χ3v) is 3.69. The Balaban J connectivity index is 1.83. The molecular weight excluding hydrogens is 278 g/mol. The minimum absolute atomic E-state index is 0.0562. The molecule has 2 unspecified atom stereocenters. The summed E-state index contributed by atoms with van der Waals surface area (Å²) < 4.78 is 0. The van der Waals surface area contributed by atoms with E-state index in [0.717, 1.165) is 11.1 Å². The maximum atomic E-state index is 10.8. The molecule has 2 rings (SSSR count). The van der Waals surface area contributed by atoms with Crippen molar-refractivity contribution in [2.45, 2.75) is 32.0 Å². The SMILES string of the molecule is CC(NCc1ccc(C(=O)O)cc1)C(O)Cc1ccccc1. The summed E-state index contributed by atoms with van der Waals surface area (Å²) in [7, 11) is 0. The van der Waals surface area contributed by atoms with E-state index in [9.17, 15) is 9.90 Å². The zero-order valence-electron chi connectivity index (χ0n) is 12.6. The standard InChI is InChI=1S/C18H21NO3/c1-13(17(20)11-14-5-3-2-4-6-14)19-12-15-7-9-16(10-8-15)18(21)22/h2-10,13,17,19-20H,11-12H2,1H3,(H,21,22). The third-order valence-electron chi connectivity index (χ3n) is 3.69. The van der Waals surface area contributed by atoms with E-state index in [1.807, 2.05) is 37.3 Å². The quantitative estimate of drug-likeness (QED) is 0.734. The normalized spacial score (nSPS) is 13.5. The van der Waals surface area contributed by atoms with Gasteiger partial charge in [0.25, 0.3) is 0 Å². The molecule has 0 fully saturated rings. The van der Waals surface area contributed by atoms with E-state index >= 15 is 0 Å². The molecule has 4 nitrogen and oxygen atoms in total. The van der Waals surface area contributed by atoms with Crippen LogP contribution in [0.5, 0.6) is 0 Å². The molecule has 3 N–H and O–H groups in total. The number of carboxylic acids is 1. The molecule has 0 aliphatic carbocycles. The molecule has 4 heteroatoms. The Labute approximate surface area is 130 Å². The van der Waals surface area contributed by atoms with Crippen molar-refractivity contribution in [3.8, 4) is 0 Å². The molecule has 0 spiro atoms. The first-order valence-electron chi connectivity index (χ1n) is 7.34. The fraction of sp³-hybridized carbons (Fsp3) is 0.278. The largest absolute Gasteiger partial charge is 0.478 e. The topological polar surface area (TPSA) is 69.6 Å². The number of aromatic carboxylic acids is 1. The highest BCUT2D eigenvalue weighted by atomic mass is 16.4. The van der Waals surface area contributed by atoms with Crippen LogP contribution in [0.25, 0.3) is 0 Å². The fourth-order valence-electron chi connectivity index (χ4n) is 2.21. The van der Waals surface area contributed by atoms with Gasteiger partial charge < -0.3 is 15.5 Å². The Morgan fingerprint density at radius 3 is 2.27 bits per heavy atom. The molecular formula is C18H21NO3. The van der Waals surface area contributed by atoms with Crippen molar-refractivity contribution in [2.75, 3.05) is 0 Å². The Kier molecular flexibility index (Phi) is 5.69. The minimum Gasteiger partial charge on any atom is -0.478 e. The van der Waals surface area contributed by atoms with Crippen molar-refractivity contribution in [2.24, 2.45) is 0 Å². The maximum absolute atomic E-state index is 10.8. The molecule has 2 atom stereocenters. The van der Waals surface area contributed by atoms with Crippen molar-refractivity contribution in [3.05, 3.63) is 71.3 Å². The van der Waals surface area contributed by atoms with E-state index in [1.54, 1.807) is 24.3 Å². The van der Waals surface area contributed by atoms with Gasteiger partial charge in [-0.05, 0) is 36.6 Å². The van der Waals surface area contributed by atoms with Crippen molar-refractivity contribution >= 4 is 5.97 Å². The highest BCUT2D eigenvalue weighted by molar-refractivity contribution is 5.87. The molecule has 0 aliphatic heterocycles. The van der Waals surface area contributed by atoms with E-state index in [1.165, 1.54) is 0 Å². The number of hydrogen-bond donors (Lipinski definition) is 3. The minimum atomic E-state index is -0.925. The molecule has 0 bridgehead atoms. The molecule has 0 amide bonds. The summed E-state index contributed by atoms with van der Waals surface area (Å²) in [6.45, 7) is 2.53. The molecule has 22 heavy (non-hydrogen) atoms. The first-order chi connectivity index (χ1) is 10.6. The van der Waals surface area contributed by atoms with Crippen molar-refractivity contribution in [1.82, 2.24) is 5.32 Å². The highest BCUT2D eigenvalue weighted by Crippen LogP contribution is 2.08. The number of nitrogens with one attached hydrogen (secondary N) is 1. The van der Waals surface area contributed by atoms with E-state index in [2.05, 4.69) is 5.32 Å². The lowest BCUT2D eigenvalue weighted by Crippen LogP contribution is -2.38. The summed E-state index contributed by atoms with van der Waals surface area (Å²) in [6, 6.07) is 16.6. The predicted molar refractivity (Wildman–Crippen MR) is 85.9 cm³/mol. The maximum Gasteiger partial charge on any atom is 0.335 e. The van der Waals surface area contributed by atoms with E-state index in [4.69, 9.17) is 5.11 Å². The second kappa shape index (κ2) is 7.73. The Morgan fingerprint density at radius 2 is 1.68 bits per heavy atom. The zero-order valence-corrected chi connectivity index (χ0v) is 12.6. The van der Waals surface area contributed by atoms with E-state index < -0.39 is 12.1 Å². The second-order valence-corrected chi connectivity index (χ2v) is 5.43. The van der Waals surface area contributed by atoms with Gasteiger partial charge in [0, 0.05) is 12.6 Å². The molecule has 2 aromatic rings. The molecule has 2 aromatic carbocycles. The van der Waals surface area contributed by atoms with Crippen LogP contribution in [0.1, 0.15) is 28.4 Å². The van der Waals surface area contributed by atoms with Crippen LogP contribution in [0, 0.1) is 0 Å². The second-order valence-electron chi connectivity index (χ2n) is 5.43. The molecule has 0 aliphatic rings. The van der Waals surface area contributed by atoms with Gasteiger partial charge in [-0.15, -0.1) is 0 Å². The predicted octanol–water partition coefficient (Wildman–Crippen LogP) is 2.47. The number of rotatable bonds is 7. The van der Waals surface area contributed by atoms with Crippen molar-refractivity contribution in [3.63, 3.8) is 0 Å². The van der Waals surface area contributed by atoms with Crippen molar-refractivity contribution < 1.29 is 15.0 Å². The van der Waals surface area contributed by atoms with Gasteiger partial charge in [-0.25, -0.2) is 4.79 Å². The number of hydrogen-bond acceptors (Lipinski definition) is 3. The smallest absolute Gasteiger partial charge is 0.335 e. The lowest BCUT2D eigenvalue weighted by atomic mass is 10.0. The highest BCUT2D eigenvalue weighted by Gasteiger charge is 2.14. The third kappa shape index (κ3) is 4.69. The molecule has 0 saturated carbocycles. The van der Waals surface area contributed by atoms with Gasteiger partial charge in [0.1, 0.15) is 0 Å². The van der Waals surface area contributed by atoms with Gasteiger partial charge in [0.05, 0.1) is 11.7 Å². The number of benzene rings is 2. The average Bonchev–Trinajstić information content (AvgIpc) is 2.53. The van der Waals surface area contributed by atoms with Crippen LogP contribution < -0.4 is 5.32 Å². The number of aliphatic hydroxyl groups is 1. The van der Waals surface area contributed by atoms with Gasteiger partial charge >= 0.3 is 5.97 Å². The van der Waals surface area contributed by atoms with E-state index in [-0.39, 0.29) is 11.6 Å². The van der Waals surface area contributed by atoms with Gasteiger partial charge in [0.2, 0.25) is 0 Å². The molecule has 0 heterocycles. The van der Waals surface area contributed by atoms with Gasteiger partial charge in [-0.1, -0.05) is 42.5 Å². The summed E-state index contributed by atoms with van der Waals surface area (Å²) >= 11 is 0. The van der Waals surface area contributed by atoms with Gasteiger partial charge in [-0.3, -0.25) is 0 Å². The first kappa shape index (κ1) is 16.2.